The molecular formula is C18H26N4O. The quantitative estimate of drug-likeness (QED) is 0.819. The van der Waals surface area contributed by atoms with Crippen LogP contribution in [0.25, 0.3) is 0 Å². The minimum absolute atomic E-state index is 0.0422. The molecule has 1 aromatic heterocycles. The first-order valence-electron chi connectivity index (χ1n) is 8.06. The molecule has 0 bridgehead atoms. The van der Waals surface area contributed by atoms with Crippen molar-refractivity contribution < 1.29 is 4.79 Å². The van der Waals surface area contributed by atoms with Gasteiger partial charge in [0.05, 0.1) is 12.2 Å². The fourth-order valence-electron chi connectivity index (χ4n) is 2.65. The van der Waals surface area contributed by atoms with Crippen LogP contribution in [0, 0.1) is 20.8 Å². The number of hydrogen-bond acceptors (Lipinski definition) is 3. The third-order valence-corrected chi connectivity index (χ3v) is 4.05. The SMILES string of the molecule is Cc1ccc(Cn2nc(C)c(CCC(=O)NCCN)c2C)cc1. The van der Waals surface area contributed by atoms with Gasteiger partial charge < -0.3 is 11.1 Å². The largest absolute Gasteiger partial charge is 0.355 e. The molecule has 1 amide bonds. The highest BCUT2D eigenvalue weighted by atomic mass is 16.1. The van der Waals surface area contributed by atoms with Gasteiger partial charge in [-0.3, -0.25) is 9.48 Å². The van der Waals surface area contributed by atoms with E-state index in [1.807, 2.05) is 11.6 Å². The van der Waals surface area contributed by atoms with Crippen LogP contribution in [0.4, 0.5) is 0 Å². The summed E-state index contributed by atoms with van der Waals surface area (Å²) >= 11 is 0. The number of rotatable bonds is 7. The van der Waals surface area contributed by atoms with Gasteiger partial charge in [-0.1, -0.05) is 29.8 Å². The van der Waals surface area contributed by atoms with Crippen molar-refractivity contribution in [2.45, 2.75) is 40.2 Å². The van der Waals surface area contributed by atoms with E-state index >= 15 is 0 Å². The number of carbonyl (C=O) groups is 1. The van der Waals surface area contributed by atoms with E-state index in [2.05, 4.69) is 48.5 Å². The second kappa shape index (κ2) is 7.92. The summed E-state index contributed by atoms with van der Waals surface area (Å²) in [6.45, 7) is 7.92. The van der Waals surface area contributed by atoms with Crippen LogP contribution in [-0.4, -0.2) is 28.8 Å². The molecule has 2 rings (SSSR count). The highest BCUT2D eigenvalue weighted by Crippen LogP contribution is 2.17. The van der Waals surface area contributed by atoms with Crippen LogP contribution in [0.5, 0.6) is 0 Å². The predicted octanol–water partition coefficient (Wildman–Crippen LogP) is 1.86. The molecule has 0 saturated heterocycles. The highest BCUT2D eigenvalue weighted by molar-refractivity contribution is 5.76. The average molecular weight is 314 g/mol. The molecule has 5 heteroatoms. The molecule has 0 saturated carbocycles. The van der Waals surface area contributed by atoms with Crippen LogP contribution in [0.3, 0.4) is 0 Å². The lowest BCUT2D eigenvalue weighted by Gasteiger charge is -2.07. The van der Waals surface area contributed by atoms with Crippen molar-refractivity contribution in [3.63, 3.8) is 0 Å². The Labute approximate surface area is 137 Å². The zero-order chi connectivity index (χ0) is 16.8. The fourth-order valence-corrected chi connectivity index (χ4v) is 2.65. The molecule has 0 aliphatic carbocycles. The number of nitrogens with zero attached hydrogens (tertiary/aromatic N) is 2. The molecule has 1 heterocycles. The summed E-state index contributed by atoms with van der Waals surface area (Å²) in [7, 11) is 0. The Morgan fingerprint density at radius 2 is 1.91 bits per heavy atom. The van der Waals surface area contributed by atoms with Gasteiger partial charge in [0.15, 0.2) is 0 Å². The Hall–Kier alpha value is -2.14. The van der Waals surface area contributed by atoms with Crippen molar-refractivity contribution in [1.82, 2.24) is 15.1 Å². The molecule has 1 aromatic carbocycles. The minimum atomic E-state index is 0.0422. The number of nitrogens with two attached hydrogens (primary N) is 1. The summed E-state index contributed by atoms with van der Waals surface area (Å²) in [6, 6.07) is 8.49. The minimum Gasteiger partial charge on any atom is -0.355 e. The summed E-state index contributed by atoms with van der Waals surface area (Å²) in [5.41, 5.74) is 11.2. The average Bonchev–Trinajstić information content (AvgIpc) is 2.79. The Balaban J connectivity index is 2.03. The summed E-state index contributed by atoms with van der Waals surface area (Å²) in [5.74, 6) is 0.0422. The zero-order valence-electron chi connectivity index (χ0n) is 14.2. The topological polar surface area (TPSA) is 72.9 Å². The molecule has 5 nitrogen and oxygen atoms in total. The molecule has 0 aliphatic heterocycles. The molecule has 124 valence electrons. The number of aromatic nitrogens is 2. The lowest BCUT2D eigenvalue weighted by atomic mass is 10.1. The Morgan fingerprint density at radius 1 is 1.22 bits per heavy atom. The summed E-state index contributed by atoms with van der Waals surface area (Å²) in [6.07, 6.45) is 1.18. The summed E-state index contributed by atoms with van der Waals surface area (Å²) in [5, 5.41) is 7.44. The first-order valence-corrected chi connectivity index (χ1v) is 8.06. The maximum atomic E-state index is 11.7. The Morgan fingerprint density at radius 3 is 2.57 bits per heavy atom. The van der Waals surface area contributed by atoms with E-state index < -0.39 is 0 Å². The Bertz CT molecular complexity index is 658. The lowest BCUT2D eigenvalue weighted by molar-refractivity contribution is -0.120. The van der Waals surface area contributed by atoms with Gasteiger partial charge in [-0.2, -0.15) is 5.10 Å². The maximum absolute atomic E-state index is 11.7. The van der Waals surface area contributed by atoms with Gasteiger partial charge >= 0.3 is 0 Å². The molecule has 0 radical (unpaired) electrons. The smallest absolute Gasteiger partial charge is 0.220 e. The van der Waals surface area contributed by atoms with Crippen LogP contribution < -0.4 is 11.1 Å². The van der Waals surface area contributed by atoms with E-state index in [1.54, 1.807) is 0 Å². The molecule has 0 unspecified atom stereocenters. The second-order valence-corrected chi connectivity index (χ2v) is 5.93. The molecule has 0 atom stereocenters. The molecule has 2 aromatic rings. The van der Waals surface area contributed by atoms with Gasteiger partial charge in [0.25, 0.3) is 0 Å². The van der Waals surface area contributed by atoms with Gasteiger partial charge in [-0.25, -0.2) is 0 Å². The van der Waals surface area contributed by atoms with Crippen LogP contribution >= 0.6 is 0 Å². The summed E-state index contributed by atoms with van der Waals surface area (Å²) in [4.78, 5) is 11.7. The van der Waals surface area contributed by atoms with Crippen LogP contribution in [-0.2, 0) is 17.8 Å². The Kier molecular flexibility index (Phi) is 5.93. The zero-order valence-corrected chi connectivity index (χ0v) is 14.2. The van der Waals surface area contributed by atoms with Gasteiger partial charge in [0.2, 0.25) is 5.91 Å². The molecule has 0 aliphatic rings. The van der Waals surface area contributed by atoms with Crippen LogP contribution in [0.15, 0.2) is 24.3 Å². The maximum Gasteiger partial charge on any atom is 0.220 e. The molecule has 0 fully saturated rings. The fraction of sp³-hybridized carbons (Fsp3) is 0.444. The first kappa shape index (κ1) is 17.2. The van der Waals surface area contributed by atoms with E-state index in [9.17, 15) is 4.79 Å². The van der Waals surface area contributed by atoms with Crippen LogP contribution in [0.2, 0.25) is 0 Å². The number of benzene rings is 1. The lowest BCUT2D eigenvalue weighted by Crippen LogP contribution is -2.29. The van der Waals surface area contributed by atoms with Crippen molar-refractivity contribution in [3.05, 3.63) is 52.3 Å². The number of carbonyl (C=O) groups excluding carboxylic acids is 1. The number of nitrogens with one attached hydrogen (secondary N) is 1. The van der Waals surface area contributed by atoms with Crippen molar-refractivity contribution in [2.75, 3.05) is 13.1 Å². The van der Waals surface area contributed by atoms with E-state index in [0.29, 0.717) is 25.9 Å². The monoisotopic (exact) mass is 314 g/mol. The van der Waals surface area contributed by atoms with E-state index in [1.165, 1.54) is 16.7 Å². The van der Waals surface area contributed by atoms with Gasteiger partial charge in [-0.05, 0) is 38.3 Å². The first-order chi connectivity index (χ1) is 11.0. The molecule has 0 spiro atoms. The number of amides is 1. The van der Waals surface area contributed by atoms with E-state index in [4.69, 9.17) is 5.73 Å². The predicted molar refractivity (Wildman–Crippen MR) is 92.4 cm³/mol. The van der Waals surface area contributed by atoms with Gasteiger partial charge in [0, 0.05) is 25.2 Å². The summed E-state index contributed by atoms with van der Waals surface area (Å²) < 4.78 is 2.02. The standard InChI is InChI=1S/C18H26N4O/c1-13-4-6-16(7-5-13)12-22-15(3)17(14(2)21-22)8-9-18(23)20-11-10-19/h4-7H,8-12,19H2,1-3H3,(H,20,23). The van der Waals surface area contributed by atoms with Crippen LogP contribution in [0.1, 0.15) is 34.5 Å². The third kappa shape index (κ3) is 4.66. The molecule has 23 heavy (non-hydrogen) atoms. The van der Waals surface area contributed by atoms with Crippen molar-refractivity contribution in [2.24, 2.45) is 5.73 Å². The molecular weight excluding hydrogens is 288 g/mol. The van der Waals surface area contributed by atoms with Crippen molar-refractivity contribution in [3.8, 4) is 0 Å². The van der Waals surface area contributed by atoms with Gasteiger partial charge in [0.1, 0.15) is 0 Å². The third-order valence-electron chi connectivity index (χ3n) is 4.05. The van der Waals surface area contributed by atoms with Gasteiger partial charge in [-0.15, -0.1) is 0 Å². The van der Waals surface area contributed by atoms with E-state index in [-0.39, 0.29) is 5.91 Å². The second-order valence-electron chi connectivity index (χ2n) is 5.93. The normalized spacial score (nSPS) is 10.8. The number of aryl methyl sites for hydroxylation is 2. The highest BCUT2D eigenvalue weighted by Gasteiger charge is 2.13. The van der Waals surface area contributed by atoms with Crippen molar-refractivity contribution >= 4 is 5.91 Å². The van der Waals surface area contributed by atoms with E-state index in [0.717, 1.165) is 17.9 Å². The number of hydrogen-bond donors (Lipinski definition) is 2. The molecule has 3 N–H and O–H groups in total. The van der Waals surface area contributed by atoms with Crippen molar-refractivity contribution in [1.29, 1.82) is 0 Å².